The van der Waals surface area contributed by atoms with E-state index in [2.05, 4.69) is 26.2 Å². The molecule has 1 heterocycles. The summed E-state index contributed by atoms with van der Waals surface area (Å²) in [5.41, 5.74) is 1.08. The second kappa shape index (κ2) is 11.9. The number of amidine groups is 1. The molecule has 1 aliphatic rings. The molecule has 0 aliphatic carbocycles. The van der Waals surface area contributed by atoms with E-state index in [0.717, 1.165) is 36.0 Å². The van der Waals surface area contributed by atoms with E-state index in [0.29, 0.717) is 31.4 Å². The topological polar surface area (TPSA) is 177 Å². The van der Waals surface area contributed by atoms with Gasteiger partial charge in [0.1, 0.15) is 0 Å². The van der Waals surface area contributed by atoms with Crippen LogP contribution in [-0.4, -0.2) is 42.5 Å². The van der Waals surface area contributed by atoms with E-state index < -0.39 is 26.8 Å². The zero-order chi connectivity index (χ0) is 29.0. The summed E-state index contributed by atoms with van der Waals surface area (Å²) in [5.74, 6) is -1.06. The van der Waals surface area contributed by atoms with Gasteiger partial charge in [0.2, 0.25) is 5.91 Å². The van der Waals surface area contributed by atoms with E-state index in [1.54, 1.807) is 36.4 Å². The second-order valence-electron chi connectivity index (χ2n) is 8.15. The molecule has 2 amide bonds. The van der Waals surface area contributed by atoms with Gasteiger partial charge in [-0.05, 0) is 59.8 Å². The van der Waals surface area contributed by atoms with Crippen LogP contribution in [0, 0.1) is 10.1 Å². The first kappa shape index (κ1) is 28.8. The number of aromatic hydroxyl groups is 1. The van der Waals surface area contributed by atoms with Crippen LogP contribution in [0.5, 0.6) is 11.5 Å². The highest BCUT2D eigenvalue weighted by Crippen LogP contribution is 2.37. The molecular formula is C25H19BrN4O8S2. The molecule has 1 saturated heterocycles. The molecule has 15 heteroatoms. The van der Waals surface area contributed by atoms with Crippen LogP contribution in [0.1, 0.15) is 11.1 Å². The number of phenols is 1. The van der Waals surface area contributed by atoms with Crippen molar-refractivity contribution in [3.8, 4) is 11.5 Å². The average molecular weight is 647 g/mol. The number of hydrogen-bond acceptors (Lipinski definition) is 10. The third-order valence-corrected chi connectivity index (χ3v) is 8.12. The monoisotopic (exact) mass is 646 g/mol. The summed E-state index contributed by atoms with van der Waals surface area (Å²) in [5, 5.41) is 24.0. The lowest BCUT2D eigenvalue weighted by Gasteiger charge is -2.07. The molecule has 206 valence electrons. The lowest BCUT2D eigenvalue weighted by atomic mass is 10.1. The van der Waals surface area contributed by atoms with Crippen LogP contribution in [0.4, 0.5) is 11.4 Å². The van der Waals surface area contributed by atoms with E-state index in [1.165, 1.54) is 13.2 Å². The fourth-order valence-electron chi connectivity index (χ4n) is 3.46. The average Bonchev–Trinajstić information content (AvgIpc) is 3.24. The van der Waals surface area contributed by atoms with Gasteiger partial charge in [-0.3, -0.25) is 19.7 Å². The molecule has 0 atom stereocenters. The maximum Gasteiger partial charge on any atom is 0.269 e. The number of nitro groups is 1. The highest BCUT2D eigenvalue weighted by molar-refractivity contribution is 9.10. The van der Waals surface area contributed by atoms with Crippen LogP contribution in [0.3, 0.4) is 0 Å². The van der Waals surface area contributed by atoms with Crippen molar-refractivity contribution in [2.24, 2.45) is 4.99 Å². The number of benzene rings is 3. The first-order valence-electron chi connectivity index (χ1n) is 11.2. The van der Waals surface area contributed by atoms with Crippen LogP contribution < -0.4 is 14.8 Å². The zero-order valence-corrected chi connectivity index (χ0v) is 23.7. The SMILES string of the molecule is COc1cc(Br)cc(/C=C2\SC(=Nc3ccc(CC(=O)NS(=O)(=O)c4ccc([N+](=O)[O-])cc4)cc3)NC2=O)c1O. The van der Waals surface area contributed by atoms with E-state index in [-0.39, 0.29) is 28.5 Å². The van der Waals surface area contributed by atoms with Crippen molar-refractivity contribution < 1.29 is 32.8 Å². The predicted molar refractivity (Wildman–Crippen MR) is 152 cm³/mol. The van der Waals surface area contributed by atoms with E-state index in [1.807, 2.05) is 4.72 Å². The van der Waals surface area contributed by atoms with E-state index >= 15 is 0 Å². The van der Waals surface area contributed by atoms with Gasteiger partial charge in [-0.2, -0.15) is 0 Å². The predicted octanol–water partition coefficient (Wildman–Crippen LogP) is 4.01. The summed E-state index contributed by atoms with van der Waals surface area (Å²) >= 11 is 4.41. The molecule has 0 saturated carbocycles. The Morgan fingerprint density at radius 3 is 2.50 bits per heavy atom. The molecule has 3 aromatic carbocycles. The fraction of sp³-hybridized carbons (Fsp3) is 0.0800. The number of ether oxygens (including phenoxy) is 1. The number of non-ortho nitro benzene ring substituents is 1. The third kappa shape index (κ3) is 6.86. The number of aliphatic imine (C=N–C) groups is 1. The number of thioether (sulfide) groups is 1. The van der Waals surface area contributed by atoms with Gasteiger partial charge in [0.05, 0.1) is 33.9 Å². The minimum Gasteiger partial charge on any atom is -0.504 e. The lowest BCUT2D eigenvalue weighted by molar-refractivity contribution is -0.384. The van der Waals surface area contributed by atoms with Crippen LogP contribution >= 0.6 is 27.7 Å². The largest absolute Gasteiger partial charge is 0.504 e. The molecule has 4 rings (SSSR count). The van der Waals surface area contributed by atoms with E-state index in [9.17, 15) is 33.2 Å². The smallest absolute Gasteiger partial charge is 0.269 e. The Bertz CT molecular complexity index is 1670. The maximum absolute atomic E-state index is 12.4. The number of methoxy groups -OCH3 is 1. The van der Waals surface area contributed by atoms with Crippen molar-refractivity contribution in [2.75, 3.05) is 7.11 Å². The van der Waals surface area contributed by atoms with Crippen molar-refractivity contribution in [3.63, 3.8) is 0 Å². The number of nitrogens with one attached hydrogen (secondary N) is 2. The second-order valence-corrected chi connectivity index (χ2v) is 11.8. The van der Waals surface area contributed by atoms with Crippen molar-refractivity contribution in [1.82, 2.24) is 10.0 Å². The molecule has 0 bridgehead atoms. The molecule has 0 aromatic heterocycles. The quantitative estimate of drug-likeness (QED) is 0.185. The molecule has 0 radical (unpaired) electrons. The Kier molecular flexibility index (Phi) is 8.56. The summed E-state index contributed by atoms with van der Waals surface area (Å²) in [6, 6.07) is 13.7. The number of phenolic OH excluding ortho intramolecular Hbond substituents is 1. The number of sulfonamides is 1. The minimum atomic E-state index is -4.21. The fourth-order valence-corrected chi connectivity index (χ4v) is 5.74. The lowest BCUT2D eigenvalue weighted by Crippen LogP contribution is -2.31. The number of halogens is 1. The molecule has 3 aromatic rings. The molecular weight excluding hydrogens is 628 g/mol. The van der Waals surface area contributed by atoms with Crippen LogP contribution in [0.2, 0.25) is 0 Å². The summed E-state index contributed by atoms with van der Waals surface area (Å²) in [6.45, 7) is 0. The Hall–Kier alpha value is -4.21. The Morgan fingerprint density at radius 2 is 1.88 bits per heavy atom. The Morgan fingerprint density at radius 1 is 1.20 bits per heavy atom. The number of carbonyl (C=O) groups excluding carboxylic acids is 2. The number of rotatable bonds is 8. The third-order valence-electron chi connectivity index (χ3n) is 5.36. The minimum absolute atomic E-state index is 0.114. The van der Waals surface area contributed by atoms with Crippen LogP contribution in [0.15, 0.2) is 79.9 Å². The molecule has 1 aliphatic heterocycles. The van der Waals surface area contributed by atoms with Crippen molar-refractivity contribution in [1.29, 1.82) is 0 Å². The molecule has 3 N–H and O–H groups in total. The van der Waals surface area contributed by atoms with Crippen molar-refractivity contribution in [3.05, 3.63) is 91.3 Å². The van der Waals surface area contributed by atoms with Gasteiger partial charge in [-0.1, -0.05) is 28.1 Å². The number of amides is 2. The van der Waals surface area contributed by atoms with Crippen molar-refractivity contribution >= 4 is 72.1 Å². The molecule has 0 unspecified atom stereocenters. The summed E-state index contributed by atoms with van der Waals surface area (Å²) in [4.78, 5) is 39.3. The summed E-state index contributed by atoms with van der Waals surface area (Å²) in [6.07, 6.45) is 1.26. The summed E-state index contributed by atoms with van der Waals surface area (Å²) < 4.78 is 32.6. The van der Waals surface area contributed by atoms with Gasteiger partial charge in [-0.25, -0.2) is 18.1 Å². The standard InChI is InChI=1S/C25H19BrN4O8S2/c1-38-20-13-16(26)11-15(23(20)32)12-21-24(33)28-25(39-21)27-17-4-2-14(3-5-17)10-22(31)29-40(36,37)19-8-6-18(7-9-19)30(34)35/h2-9,11-13,32H,10H2,1H3,(H,29,31)(H,27,28,33)/b21-12-. The Balaban J connectivity index is 1.40. The normalized spacial score (nSPS) is 15.2. The van der Waals surface area contributed by atoms with Crippen LogP contribution in [-0.2, 0) is 26.0 Å². The van der Waals surface area contributed by atoms with E-state index in [4.69, 9.17) is 4.74 Å². The van der Waals surface area contributed by atoms with Gasteiger partial charge < -0.3 is 15.2 Å². The Labute approximate surface area is 240 Å². The zero-order valence-electron chi connectivity index (χ0n) is 20.5. The number of nitro benzene ring substituents is 1. The number of hydrogen-bond donors (Lipinski definition) is 3. The van der Waals surface area contributed by atoms with Gasteiger partial charge in [0.15, 0.2) is 16.7 Å². The van der Waals surface area contributed by atoms with Gasteiger partial charge in [0.25, 0.3) is 21.6 Å². The summed E-state index contributed by atoms with van der Waals surface area (Å²) in [7, 11) is -2.79. The van der Waals surface area contributed by atoms with Gasteiger partial charge >= 0.3 is 0 Å². The first-order valence-corrected chi connectivity index (χ1v) is 14.3. The first-order chi connectivity index (χ1) is 18.9. The highest BCUT2D eigenvalue weighted by Gasteiger charge is 2.25. The number of carbonyl (C=O) groups is 2. The highest BCUT2D eigenvalue weighted by atomic mass is 79.9. The van der Waals surface area contributed by atoms with Gasteiger partial charge in [0, 0.05) is 22.2 Å². The molecule has 12 nitrogen and oxygen atoms in total. The number of nitrogens with zero attached hydrogens (tertiary/aromatic N) is 2. The van der Waals surface area contributed by atoms with Crippen molar-refractivity contribution in [2.45, 2.75) is 11.3 Å². The van der Waals surface area contributed by atoms with Gasteiger partial charge in [-0.15, -0.1) is 0 Å². The maximum atomic E-state index is 12.4. The molecule has 40 heavy (non-hydrogen) atoms. The molecule has 0 spiro atoms. The molecule has 1 fully saturated rings. The van der Waals surface area contributed by atoms with Crippen LogP contribution in [0.25, 0.3) is 6.08 Å².